The van der Waals surface area contributed by atoms with E-state index in [1.807, 2.05) is 0 Å². The summed E-state index contributed by atoms with van der Waals surface area (Å²) >= 11 is 6.76. The molecule has 0 N–H and O–H groups in total. The van der Waals surface area contributed by atoms with Gasteiger partial charge in [0.15, 0.2) is 6.29 Å². The fourth-order valence-corrected chi connectivity index (χ4v) is 1.95. The van der Waals surface area contributed by atoms with Crippen molar-refractivity contribution in [1.82, 2.24) is 4.98 Å². The normalized spacial score (nSPS) is 10.3. The summed E-state index contributed by atoms with van der Waals surface area (Å²) in [4.78, 5) is 15.0. The van der Waals surface area contributed by atoms with Crippen LogP contribution in [0.2, 0.25) is 5.02 Å². The quantitative estimate of drug-likeness (QED) is 0.754. The zero-order chi connectivity index (χ0) is 10.8. The van der Waals surface area contributed by atoms with E-state index in [2.05, 4.69) is 4.98 Å². The van der Waals surface area contributed by atoms with Gasteiger partial charge in [0.05, 0.1) is 9.90 Å². The van der Waals surface area contributed by atoms with Gasteiger partial charge < -0.3 is 0 Å². The Morgan fingerprint density at radius 3 is 2.87 bits per heavy atom. The highest BCUT2D eigenvalue weighted by Gasteiger charge is 2.07. The zero-order valence-corrected chi connectivity index (χ0v) is 8.98. The number of carbonyl (C=O) groups is 1. The van der Waals surface area contributed by atoms with E-state index >= 15 is 0 Å². The van der Waals surface area contributed by atoms with E-state index in [0.29, 0.717) is 21.7 Å². The van der Waals surface area contributed by atoms with Gasteiger partial charge in [-0.25, -0.2) is 9.37 Å². The van der Waals surface area contributed by atoms with Crippen LogP contribution in [0.3, 0.4) is 0 Å². The second-order valence-electron chi connectivity index (χ2n) is 2.81. The van der Waals surface area contributed by atoms with Gasteiger partial charge in [0, 0.05) is 11.8 Å². The Labute approximate surface area is 94.3 Å². The molecule has 2 nitrogen and oxygen atoms in total. The first-order valence-corrected chi connectivity index (χ1v) is 5.26. The molecule has 0 saturated carbocycles. The maximum Gasteiger partial charge on any atom is 0.161 e. The summed E-state index contributed by atoms with van der Waals surface area (Å²) in [6, 6.07) is 4.43. The molecular formula is C10H5ClFNOS. The van der Waals surface area contributed by atoms with Gasteiger partial charge in [-0.1, -0.05) is 17.7 Å². The van der Waals surface area contributed by atoms with Gasteiger partial charge in [0.25, 0.3) is 0 Å². The van der Waals surface area contributed by atoms with Crippen molar-refractivity contribution in [2.75, 3.05) is 0 Å². The van der Waals surface area contributed by atoms with Crippen molar-refractivity contribution in [2.24, 2.45) is 0 Å². The number of carbonyl (C=O) groups excluding carboxylic acids is 1. The highest BCUT2D eigenvalue weighted by Crippen LogP contribution is 2.27. The van der Waals surface area contributed by atoms with Crippen LogP contribution in [-0.4, -0.2) is 11.3 Å². The highest BCUT2D eigenvalue weighted by molar-refractivity contribution is 7.16. The van der Waals surface area contributed by atoms with Crippen LogP contribution in [0.25, 0.3) is 10.6 Å². The van der Waals surface area contributed by atoms with Crippen LogP contribution in [0.1, 0.15) is 9.67 Å². The van der Waals surface area contributed by atoms with E-state index in [9.17, 15) is 9.18 Å². The van der Waals surface area contributed by atoms with E-state index in [0.717, 1.165) is 0 Å². The Hall–Kier alpha value is -1.26. The molecule has 0 unspecified atom stereocenters. The highest BCUT2D eigenvalue weighted by atomic mass is 35.5. The molecule has 0 aliphatic rings. The summed E-state index contributed by atoms with van der Waals surface area (Å²) in [7, 11) is 0. The standard InChI is InChI=1S/C10H5ClFNOS/c11-8-2-1-6(3-9(8)12)10-13-4-7(5-14)15-10/h1-5H. The Morgan fingerprint density at radius 2 is 2.27 bits per heavy atom. The molecule has 0 bridgehead atoms. The van der Waals surface area contributed by atoms with Crippen LogP contribution in [0.15, 0.2) is 24.4 Å². The maximum absolute atomic E-state index is 13.1. The molecule has 0 spiro atoms. The SMILES string of the molecule is O=Cc1cnc(-c2ccc(Cl)c(F)c2)s1. The second kappa shape index (κ2) is 4.08. The predicted octanol–water partition coefficient (Wildman–Crippen LogP) is 3.42. The Balaban J connectivity index is 2.44. The van der Waals surface area contributed by atoms with Crippen molar-refractivity contribution < 1.29 is 9.18 Å². The van der Waals surface area contributed by atoms with Gasteiger partial charge in [-0.05, 0) is 12.1 Å². The second-order valence-corrected chi connectivity index (χ2v) is 4.28. The van der Waals surface area contributed by atoms with Crippen molar-refractivity contribution in [2.45, 2.75) is 0 Å². The van der Waals surface area contributed by atoms with Crippen LogP contribution < -0.4 is 0 Å². The lowest BCUT2D eigenvalue weighted by atomic mass is 10.2. The first-order valence-electron chi connectivity index (χ1n) is 4.07. The summed E-state index contributed by atoms with van der Waals surface area (Å²) < 4.78 is 13.1. The van der Waals surface area contributed by atoms with Crippen LogP contribution >= 0.6 is 22.9 Å². The smallest absolute Gasteiger partial charge is 0.161 e. The lowest BCUT2D eigenvalue weighted by molar-refractivity contribution is 0.112. The van der Waals surface area contributed by atoms with Gasteiger partial charge in [-0.2, -0.15) is 0 Å². The Morgan fingerprint density at radius 1 is 1.47 bits per heavy atom. The minimum Gasteiger partial charge on any atom is -0.297 e. The molecular weight excluding hydrogens is 237 g/mol. The number of rotatable bonds is 2. The van der Waals surface area contributed by atoms with E-state index in [1.54, 1.807) is 6.07 Å². The summed E-state index contributed by atoms with van der Waals surface area (Å²) in [5.74, 6) is -0.489. The molecule has 1 heterocycles. The summed E-state index contributed by atoms with van der Waals surface area (Å²) in [6.45, 7) is 0. The van der Waals surface area contributed by atoms with E-state index in [1.165, 1.54) is 29.7 Å². The van der Waals surface area contributed by atoms with Crippen molar-refractivity contribution in [1.29, 1.82) is 0 Å². The number of hydrogen-bond acceptors (Lipinski definition) is 3. The Kier molecular flexibility index (Phi) is 2.79. The summed E-state index contributed by atoms with van der Waals surface area (Å²) in [5, 5.41) is 0.679. The lowest BCUT2D eigenvalue weighted by Crippen LogP contribution is -1.79. The molecule has 0 atom stereocenters. The average molecular weight is 242 g/mol. The van der Waals surface area contributed by atoms with Gasteiger partial charge in [-0.3, -0.25) is 4.79 Å². The number of hydrogen-bond donors (Lipinski definition) is 0. The van der Waals surface area contributed by atoms with E-state index in [-0.39, 0.29) is 5.02 Å². The van der Waals surface area contributed by atoms with Crippen molar-refractivity contribution in [3.63, 3.8) is 0 Å². The molecule has 1 aromatic carbocycles. The van der Waals surface area contributed by atoms with Gasteiger partial charge >= 0.3 is 0 Å². The molecule has 76 valence electrons. The summed E-state index contributed by atoms with van der Waals surface area (Å²) in [5.41, 5.74) is 0.620. The van der Waals surface area contributed by atoms with Crippen LogP contribution in [0.4, 0.5) is 4.39 Å². The van der Waals surface area contributed by atoms with Gasteiger partial charge in [-0.15, -0.1) is 11.3 Å². The molecule has 15 heavy (non-hydrogen) atoms. The van der Waals surface area contributed by atoms with Crippen molar-refractivity contribution >= 4 is 29.2 Å². The Bertz CT molecular complexity index is 512. The zero-order valence-electron chi connectivity index (χ0n) is 7.41. The third-order valence-corrected chi connectivity index (χ3v) is 3.08. The van der Waals surface area contributed by atoms with Gasteiger partial charge in [0.2, 0.25) is 0 Å². The lowest BCUT2D eigenvalue weighted by Gasteiger charge is -1.97. The molecule has 0 aliphatic heterocycles. The van der Waals surface area contributed by atoms with Crippen molar-refractivity contribution in [3.05, 3.63) is 40.1 Å². The largest absolute Gasteiger partial charge is 0.297 e. The van der Waals surface area contributed by atoms with Crippen LogP contribution in [-0.2, 0) is 0 Å². The third-order valence-electron chi connectivity index (χ3n) is 1.81. The fraction of sp³-hybridized carbons (Fsp3) is 0. The first kappa shape index (κ1) is 10.3. The monoisotopic (exact) mass is 241 g/mol. The molecule has 0 amide bonds. The minimum absolute atomic E-state index is 0.0749. The molecule has 0 saturated heterocycles. The predicted molar refractivity (Wildman–Crippen MR) is 57.9 cm³/mol. The molecule has 5 heteroatoms. The molecule has 2 aromatic rings. The number of thiazole rings is 1. The van der Waals surface area contributed by atoms with Gasteiger partial charge in [0.1, 0.15) is 10.8 Å². The number of benzene rings is 1. The average Bonchev–Trinajstić information content (AvgIpc) is 2.70. The molecule has 1 aromatic heterocycles. The number of nitrogens with zero attached hydrogens (tertiary/aromatic N) is 1. The third kappa shape index (κ3) is 2.06. The molecule has 0 aliphatic carbocycles. The summed E-state index contributed by atoms with van der Waals surface area (Å²) in [6.07, 6.45) is 2.17. The number of aromatic nitrogens is 1. The molecule has 2 rings (SSSR count). The number of halogens is 2. The first-order chi connectivity index (χ1) is 7.20. The fourth-order valence-electron chi connectivity index (χ4n) is 1.10. The molecule has 0 fully saturated rings. The van der Waals surface area contributed by atoms with Crippen LogP contribution in [0.5, 0.6) is 0 Å². The number of aldehydes is 1. The molecule has 0 radical (unpaired) electrons. The maximum atomic E-state index is 13.1. The van der Waals surface area contributed by atoms with Crippen LogP contribution in [0, 0.1) is 5.82 Å². The van der Waals surface area contributed by atoms with Crippen molar-refractivity contribution in [3.8, 4) is 10.6 Å². The topological polar surface area (TPSA) is 30.0 Å². The van der Waals surface area contributed by atoms with E-state index in [4.69, 9.17) is 11.6 Å². The van der Waals surface area contributed by atoms with E-state index < -0.39 is 5.82 Å². The minimum atomic E-state index is -0.489.